The molecule has 1 aromatic heterocycles. The summed E-state index contributed by atoms with van der Waals surface area (Å²) >= 11 is 0. The molecule has 2 saturated heterocycles. The second-order valence-corrected chi connectivity index (χ2v) is 9.83. The van der Waals surface area contributed by atoms with Gasteiger partial charge in [-0.2, -0.15) is 4.98 Å². The summed E-state index contributed by atoms with van der Waals surface area (Å²) < 4.78 is 16.5. The van der Waals surface area contributed by atoms with Gasteiger partial charge >= 0.3 is 12.1 Å². The van der Waals surface area contributed by atoms with Gasteiger partial charge in [0, 0.05) is 43.6 Å². The van der Waals surface area contributed by atoms with Gasteiger partial charge in [0.15, 0.2) is 11.6 Å². The maximum atomic E-state index is 13.8. The van der Waals surface area contributed by atoms with Gasteiger partial charge in [-0.3, -0.25) is 19.3 Å². The number of benzene rings is 1. The van der Waals surface area contributed by atoms with Crippen molar-refractivity contribution < 1.29 is 38.5 Å². The van der Waals surface area contributed by atoms with Crippen molar-refractivity contribution in [2.75, 3.05) is 32.9 Å². The predicted octanol–water partition coefficient (Wildman–Crippen LogP) is 1.66. The quantitative estimate of drug-likeness (QED) is 0.360. The third-order valence-corrected chi connectivity index (χ3v) is 6.86. The molecule has 220 valence electrons. The summed E-state index contributed by atoms with van der Waals surface area (Å²) in [7, 11) is 0. The fraction of sp³-hybridized carbons (Fsp3) is 0.500. The Kier molecular flexibility index (Phi) is 10.2. The lowest BCUT2D eigenvalue weighted by Gasteiger charge is -2.40. The number of ether oxygens (including phenoxy) is 3. The summed E-state index contributed by atoms with van der Waals surface area (Å²) in [4.78, 5) is 61.7. The number of hydrogen-bond donors (Lipinski definition) is 3. The number of piperazine rings is 1. The highest BCUT2D eigenvalue weighted by Crippen LogP contribution is 2.22. The van der Waals surface area contributed by atoms with Crippen molar-refractivity contribution >= 4 is 23.8 Å². The molecule has 0 aliphatic carbocycles. The summed E-state index contributed by atoms with van der Waals surface area (Å²) in [5.41, 5.74) is 0.596. The molecule has 4 rings (SSSR count). The topological polar surface area (TPSA) is 169 Å². The molecule has 0 bridgehead atoms. The molecule has 13 nitrogen and oxygen atoms in total. The van der Waals surface area contributed by atoms with Crippen LogP contribution in [0.4, 0.5) is 4.79 Å². The standard InChI is InChI=1S/C28H35N5O8/c1-3-40-28(38)33-13-12-29-17(2)24(33)25(36)20(9-10-23(34)35)31-27(37)21-15-22(41-19-11-14-39-16-19)32-26(30-21)18-7-5-4-6-8-18/h4-8,15,17,19-20,24,29H,3,9-14,16H2,1-2H3,(H,31,37)(H,34,35). The largest absolute Gasteiger partial charge is 0.481 e. The molecule has 3 heterocycles. The van der Waals surface area contributed by atoms with Crippen LogP contribution >= 0.6 is 0 Å². The molecule has 3 N–H and O–H groups in total. The van der Waals surface area contributed by atoms with E-state index in [1.54, 1.807) is 26.0 Å². The minimum Gasteiger partial charge on any atom is -0.481 e. The van der Waals surface area contributed by atoms with Crippen LogP contribution in [0.3, 0.4) is 0 Å². The molecular weight excluding hydrogens is 534 g/mol. The van der Waals surface area contributed by atoms with Gasteiger partial charge < -0.3 is 30.0 Å². The maximum absolute atomic E-state index is 13.8. The minimum atomic E-state index is -1.22. The molecule has 1 aromatic carbocycles. The zero-order chi connectivity index (χ0) is 29.4. The average molecular weight is 570 g/mol. The lowest BCUT2D eigenvalue weighted by atomic mass is 9.93. The Labute approximate surface area is 237 Å². The van der Waals surface area contributed by atoms with Crippen LogP contribution < -0.4 is 15.4 Å². The van der Waals surface area contributed by atoms with Crippen LogP contribution in [-0.2, 0) is 19.1 Å². The molecule has 2 amide bonds. The molecule has 13 heteroatoms. The van der Waals surface area contributed by atoms with Crippen molar-refractivity contribution in [1.29, 1.82) is 0 Å². The summed E-state index contributed by atoms with van der Waals surface area (Å²) in [5.74, 6) is -1.92. The van der Waals surface area contributed by atoms with Crippen LogP contribution in [0, 0.1) is 0 Å². The minimum absolute atomic E-state index is 0.0574. The fourth-order valence-electron chi connectivity index (χ4n) is 4.83. The van der Waals surface area contributed by atoms with E-state index in [1.165, 1.54) is 11.0 Å². The van der Waals surface area contributed by atoms with Gasteiger partial charge in [0.05, 0.1) is 25.9 Å². The van der Waals surface area contributed by atoms with Gasteiger partial charge in [-0.1, -0.05) is 30.3 Å². The first kappa shape index (κ1) is 29.9. The lowest BCUT2D eigenvalue weighted by Crippen LogP contribution is -2.64. The van der Waals surface area contributed by atoms with E-state index >= 15 is 0 Å². The first-order chi connectivity index (χ1) is 19.8. The van der Waals surface area contributed by atoms with E-state index in [4.69, 9.17) is 14.2 Å². The Hall–Kier alpha value is -4.10. The number of aliphatic carboxylic acids is 1. The molecule has 4 atom stereocenters. The van der Waals surface area contributed by atoms with E-state index < -0.39 is 41.9 Å². The van der Waals surface area contributed by atoms with E-state index in [0.29, 0.717) is 31.7 Å². The van der Waals surface area contributed by atoms with Gasteiger partial charge in [0.1, 0.15) is 17.8 Å². The normalized spacial score (nSPS) is 21.1. The van der Waals surface area contributed by atoms with Crippen LogP contribution in [0.15, 0.2) is 36.4 Å². The van der Waals surface area contributed by atoms with Crippen molar-refractivity contribution in [1.82, 2.24) is 25.5 Å². The van der Waals surface area contributed by atoms with Crippen LogP contribution in [-0.4, -0.2) is 101 Å². The van der Waals surface area contributed by atoms with Crippen molar-refractivity contribution in [2.24, 2.45) is 0 Å². The van der Waals surface area contributed by atoms with Gasteiger partial charge in [0.2, 0.25) is 5.88 Å². The number of carbonyl (C=O) groups excluding carboxylic acids is 3. The molecule has 41 heavy (non-hydrogen) atoms. The average Bonchev–Trinajstić information content (AvgIpc) is 3.48. The highest BCUT2D eigenvalue weighted by atomic mass is 16.6. The van der Waals surface area contributed by atoms with E-state index in [2.05, 4.69) is 20.6 Å². The number of rotatable bonds is 11. The predicted molar refractivity (Wildman–Crippen MR) is 145 cm³/mol. The Morgan fingerprint density at radius 3 is 2.68 bits per heavy atom. The number of nitrogens with one attached hydrogen (secondary N) is 2. The number of carbonyl (C=O) groups is 4. The van der Waals surface area contributed by atoms with Crippen LogP contribution in [0.5, 0.6) is 5.88 Å². The third kappa shape index (κ3) is 7.76. The van der Waals surface area contributed by atoms with Crippen LogP contribution in [0.2, 0.25) is 0 Å². The van der Waals surface area contributed by atoms with E-state index in [1.807, 2.05) is 18.2 Å². The Bertz CT molecular complexity index is 1240. The summed E-state index contributed by atoms with van der Waals surface area (Å²) in [6.07, 6.45) is -0.770. The SMILES string of the molecule is CCOC(=O)N1CCNC(C)C1C(=O)C(CCC(=O)O)NC(=O)c1cc(OC2CCOC2)nc(-c2ccccc2)n1. The molecule has 0 saturated carbocycles. The van der Waals surface area contributed by atoms with Crippen LogP contribution in [0.1, 0.15) is 43.6 Å². The number of carboxylic acid groups (broad SMARTS) is 1. The number of aromatic nitrogens is 2. The highest BCUT2D eigenvalue weighted by molar-refractivity contribution is 5.99. The number of ketones is 1. The maximum Gasteiger partial charge on any atom is 0.410 e. The molecule has 0 radical (unpaired) electrons. The zero-order valence-electron chi connectivity index (χ0n) is 23.1. The molecule has 2 fully saturated rings. The lowest BCUT2D eigenvalue weighted by molar-refractivity contribution is -0.137. The summed E-state index contributed by atoms with van der Waals surface area (Å²) in [5, 5.41) is 15.2. The second-order valence-electron chi connectivity index (χ2n) is 9.83. The number of carboxylic acids is 1. The first-order valence-corrected chi connectivity index (χ1v) is 13.7. The Morgan fingerprint density at radius 1 is 1.22 bits per heavy atom. The second kappa shape index (κ2) is 14.0. The van der Waals surface area contributed by atoms with Crippen molar-refractivity contribution in [2.45, 2.75) is 57.3 Å². The smallest absolute Gasteiger partial charge is 0.410 e. The van der Waals surface area contributed by atoms with Crippen molar-refractivity contribution in [3.8, 4) is 17.3 Å². The zero-order valence-corrected chi connectivity index (χ0v) is 23.1. The van der Waals surface area contributed by atoms with E-state index in [-0.39, 0.29) is 49.5 Å². The van der Waals surface area contributed by atoms with Crippen LogP contribution in [0.25, 0.3) is 11.4 Å². The molecule has 0 spiro atoms. The molecule has 2 aromatic rings. The van der Waals surface area contributed by atoms with E-state index in [9.17, 15) is 24.3 Å². The first-order valence-electron chi connectivity index (χ1n) is 13.7. The number of nitrogens with zero attached hydrogens (tertiary/aromatic N) is 3. The van der Waals surface area contributed by atoms with Gasteiger partial charge in [-0.15, -0.1) is 0 Å². The van der Waals surface area contributed by atoms with Gasteiger partial charge in [-0.25, -0.2) is 9.78 Å². The van der Waals surface area contributed by atoms with Gasteiger partial charge in [0.25, 0.3) is 5.91 Å². The number of Topliss-reactive ketones (excluding diaryl/α,β-unsaturated/α-hetero) is 1. The molecular formula is C28H35N5O8. The Balaban J connectivity index is 1.62. The fourth-order valence-corrected chi connectivity index (χ4v) is 4.83. The molecule has 4 unspecified atom stereocenters. The Morgan fingerprint density at radius 2 is 2.00 bits per heavy atom. The molecule has 2 aliphatic rings. The number of hydrogen-bond acceptors (Lipinski definition) is 10. The monoisotopic (exact) mass is 569 g/mol. The summed E-state index contributed by atoms with van der Waals surface area (Å²) in [6.45, 7) is 5.16. The highest BCUT2D eigenvalue weighted by Gasteiger charge is 2.41. The van der Waals surface area contributed by atoms with Crippen molar-refractivity contribution in [3.63, 3.8) is 0 Å². The van der Waals surface area contributed by atoms with Crippen molar-refractivity contribution in [3.05, 3.63) is 42.1 Å². The third-order valence-electron chi connectivity index (χ3n) is 6.86. The number of amides is 2. The summed E-state index contributed by atoms with van der Waals surface area (Å²) in [6, 6.07) is 7.78. The van der Waals surface area contributed by atoms with Gasteiger partial charge in [-0.05, 0) is 20.3 Å². The molecule has 2 aliphatic heterocycles. The van der Waals surface area contributed by atoms with E-state index in [0.717, 1.165) is 0 Å².